The van der Waals surface area contributed by atoms with Crippen LogP contribution in [0, 0.1) is 0 Å². The number of amides is 1. The minimum atomic E-state index is -0.0241. The van der Waals surface area contributed by atoms with Crippen LogP contribution < -0.4 is 15.4 Å². The fourth-order valence-corrected chi connectivity index (χ4v) is 2.74. The lowest BCUT2D eigenvalue weighted by atomic mass is 9.94. The van der Waals surface area contributed by atoms with Crippen molar-refractivity contribution in [3.63, 3.8) is 0 Å². The molecule has 4 heteroatoms. The van der Waals surface area contributed by atoms with Gasteiger partial charge in [0.2, 0.25) is 0 Å². The zero-order valence-electron chi connectivity index (χ0n) is 15.5. The molecule has 0 heterocycles. The van der Waals surface area contributed by atoms with Crippen molar-refractivity contribution in [1.82, 2.24) is 10.6 Å². The topological polar surface area (TPSA) is 50.4 Å². The van der Waals surface area contributed by atoms with Crippen molar-refractivity contribution in [3.05, 3.63) is 65.2 Å². The summed E-state index contributed by atoms with van der Waals surface area (Å²) in [5.41, 5.74) is 3.09. The van der Waals surface area contributed by atoms with Gasteiger partial charge >= 0.3 is 0 Å². The molecule has 0 bridgehead atoms. The molecule has 0 saturated carbocycles. The monoisotopic (exact) mass is 340 g/mol. The van der Waals surface area contributed by atoms with Gasteiger partial charge in [0.05, 0.1) is 7.11 Å². The van der Waals surface area contributed by atoms with Gasteiger partial charge in [0.25, 0.3) is 5.91 Å². The van der Waals surface area contributed by atoms with E-state index in [0.717, 1.165) is 17.9 Å². The Kier molecular flexibility index (Phi) is 7.02. The summed E-state index contributed by atoms with van der Waals surface area (Å²) in [7, 11) is 1.68. The lowest BCUT2D eigenvalue weighted by molar-refractivity contribution is 0.0955. The summed E-state index contributed by atoms with van der Waals surface area (Å²) >= 11 is 0. The van der Waals surface area contributed by atoms with Crippen molar-refractivity contribution in [3.8, 4) is 5.75 Å². The zero-order chi connectivity index (χ0) is 18.2. The van der Waals surface area contributed by atoms with Crippen LogP contribution in [0.4, 0.5) is 0 Å². The molecule has 0 spiro atoms. The Bertz CT molecular complexity index is 683. The van der Waals surface area contributed by atoms with Crippen LogP contribution in [-0.2, 0) is 6.54 Å². The van der Waals surface area contributed by atoms with Gasteiger partial charge in [0.1, 0.15) is 5.75 Å². The van der Waals surface area contributed by atoms with Gasteiger partial charge in [-0.1, -0.05) is 31.2 Å². The molecule has 0 radical (unpaired) electrons. The Morgan fingerprint density at radius 3 is 2.48 bits per heavy atom. The minimum Gasteiger partial charge on any atom is -0.497 e. The molecule has 134 valence electrons. The molecule has 0 unspecified atom stereocenters. The summed E-state index contributed by atoms with van der Waals surface area (Å²) in [4.78, 5) is 11.9. The fourth-order valence-electron chi connectivity index (χ4n) is 2.74. The molecule has 2 rings (SSSR count). The van der Waals surface area contributed by atoms with Crippen molar-refractivity contribution in [2.75, 3.05) is 13.7 Å². The van der Waals surface area contributed by atoms with Gasteiger partial charge in [-0.05, 0) is 55.2 Å². The smallest absolute Gasteiger partial charge is 0.251 e. The molecular formula is C21H28N2O2. The maximum atomic E-state index is 11.9. The van der Waals surface area contributed by atoms with Gasteiger partial charge in [0, 0.05) is 24.7 Å². The largest absolute Gasteiger partial charge is 0.497 e. The molecule has 0 aliphatic rings. The van der Waals surface area contributed by atoms with Crippen LogP contribution in [0.1, 0.15) is 48.2 Å². The van der Waals surface area contributed by atoms with E-state index in [1.54, 1.807) is 7.11 Å². The normalized spacial score (nSPS) is 13.1. The third kappa shape index (κ3) is 5.33. The summed E-state index contributed by atoms with van der Waals surface area (Å²) in [6, 6.07) is 16.3. The van der Waals surface area contributed by atoms with Crippen LogP contribution in [0.5, 0.6) is 5.75 Å². The van der Waals surface area contributed by atoms with E-state index >= 15 is 0 Å². The molecule has 0 aliphatic heterocycles. The molecule has 0 aliphatic carbocycles. The van der Waals surface area contributed by atoms with Crippen LogP contribution in [0.2, 0.25) is 0 Å². The second-order valence-corrected chi connectivity index (χ2v) is 6.29. The lowest BCUT2D eigenvalue weighted by Gasteiger charge is -2.22. The average Bonchev–Trinajstić information content (AvgIpc) is 2.66. The minimum absolute atomic E-state index is 0.0241. The number of nitrogens with one attached hydrogen (secondary N) is 2. The van der Waals surface area contributed by atoms with E-state index in [1.165, 1.54) is 5.56 Å². The van der Waals surface area contributed by atoms with E-state index in [-0.39, 0.29) is 5.91 Å². The first-order chi connectivity index (χ1) is 12.0. The number of hydrogen-bond donors (Lipinski definition) is 2. The Balaban J connectivity index is 1.95. The Morgan fingerprint density at radius 2 is 1.84 bits per heavy atom. The zero-order valence-corrected chi connectivity index (χ0v) is 15.5. The fraction of sp³-hybridized carbons (Fsp3) is 0.381. The summed E-state index contributed by atoms with van der Waals surface area (Å²) < 4.78 is 5.21. The maximum absolute atomic E-state index is 11.9. The van der Waals surface area contributed by atoms with Crippen LogP contribution in [-0.4, -0.2) is 25.6 Å². The molecule has 0 saturated heterocycles. The predicted octanol–water partition coefficient (Wildman–Crippen LogP) is 3.73. The SMILES string of the molecule is CCNC(=O)c1cccc(CN[C@H](C)[C@H](C)c2ccc(OC)cc2)c1. The molecule has 2 aromatic rings. The number of rotatable bonds is 8. The molecule has 1 amide bonds. The number of ether oxygens (including phenoxy) is 1. The average molecular weight is 340 g/mol. The van der Waals surface area contributed by atoms with E-state index in [0.29, 0.717) is 24.1 Å². The summed E-state index contributed by atoms with van der Waals surface area (Å²) in [5.74, 6) is 1.22. The van der Waals surface area contributed by atoms with Crippen molar-refractivity contribution in [1.29, 1.82) is 0 Å². The molecule has 2 N–H and O–H groups in total. The molecule has 4 nitrogen and oxygen atoms in total. The maximum Gasteiger partial charge on any atom is 0.251 e. The Hall–Kier alpha value is -2.33. The number of carbonyl (C=O) groups excluding carboxylic acids is 1. The molecule has 25 heavy (non-hydrogen) atoms. The molecule has 0 aromatic heterocycles. The third-order valence-corrected chi connectivity index (χ3v) is 4.55. The number of benzene rings is 2. The van der Waals surface area contributed by atoms with Gasteiger partial charge < -0.3 is 15.4 Å². The number of carbonyl (C=O) groups is 1. The number of hydrogen-bond acceptors (Lipinski definition) is 3. The van der Waals surface area contributed by atoms with Crippen LogP contribution in [0.25, 0.3) is 0 Å². The highest BCUT2D eigenvalue weighted by atomic mass is 16.5. The highest BCUT2D eigenvalue weighted by molar-refractivity contribution is 5.94. The molecule has 0 fully saturated rings. The lowest BCUT2D eigenvalue weighted by Crippen LogP contribution is -2.30. The van der Waals surface area contributed by atoms with E-state index in [9.17, 15) is 4.79 Å². The first-order valence-corrected chi connectivity index (χ1v) is 8.79. The second kappa shape index (κ2) is 9.23. The van der Waals surface area contributed by atoms with Gasteiger partial charge in [-0.3, -0.25) is 4.79 Å². The van der Waals surface area contributed by atoms with E-state index in [1.807, 2.05) is 43.3 Å². The predicted molar refractivity (Wildman–Crippen MR) is 102 cm³/mol. The Labute approximate surface area is 150 Å². The molecule has 2 atom stereocenters. The van der Waals surface area contributed by atoms with Gasteiger partial charge in [-0.15, -0.1) is 0 Å². The Morgan fingerprint density at radius 1 is 1.12 bits per heavy atom. The van der Waals surface area contributed by atoms with Gasteiger partial charge in [-0.2, -0.15) is 0 Å². The van der Waals surface area contributed by atoms with E-state index in [4.69, 9.17) is 4.74 Å². The standard InChI is InChI=1S/C21H28N2O2/c1-5-22-21(24)19-8-6-7-17(13-19)14-23-16(3)15(2)18-9-11-20(25-4)12-10-18/h6-13,15-16,23H,5,14H2,1-4H3,(H,22,24)/t15-,16+/m0/s1. The second-order valence-electron chi connectivity index (χ2n) is 6.29. The van der Waals surface area contributed by atoms with Crippen LogP contribution in [0.15, 0.2) is 48.5 Å². The van der Waals surface area contributed by atoms with Gasteiger partial charge in [0.15, 0.2) is 0 Å². The van der Waals surface area contributed by atoms with Crippen molar-refractivity contribution >= 4 is 5.91 Å². The first-order valence-electron chi connectivity index (χ1n) is 8.79. The van der Waals surface area contributed by atoms with E-state index < -0.39 is 0 Å². The van der Waals surface area contributed by atoms with Crippen LogP contribution >= 0.6 is 0 Å². The number of methoxy groups -OCH3 is 1. The molecule has 2 aromatic carbocycles. The van der Waals surface area contributed by atoms with Crippen molar-refractivity contribution < 1.29 is 9.53 Å². The first kappa shape index (κ1) is 19.0. The van der Waals surface area contributed by atoms with Gasteiger partial charge in [-0.25, -0.2) is 0 Å². The van der Waals surface area contributed by atoms with Crippen LogP contribution in [0.3, 0.4) is 0 Å². The van der Waals surface area contributed by atoms with Crippen molar-refractivity contribution in [2.24, 2.45) is 0 Å². The highest BCUT2D eigenvalue weighted by Gasteiger charge is 2.14. The highest BCUT2D eigenvalue weighted by Crippen LogP contribution is 2.22. The van der Waals surface area contributed by atoms with Crippen molar-refractivity contribution in [2.45, 2.75) is 39.3 Å². The quantitative estimate of drug-likeness (QED) is 0.770. The summed E-state index contributed by atoms with van der Waals surface area (Å²) in [5, 5.41) is 6.39. The summed E-state index contributed by atoms with van der Waals surface area (Å²) in [6.07, 6.45) is 0. The van der Waals surface area contributed by atoms with E-state index in [2.05, 4.69) is 36.6 Å². The molecular weight excluding hydrogens is 312 g/mol. The third-order valence-electron chi connectivity index (χ3n) is 4.55. The summed E-state index contributed by atoms with van der Waals surface area (Å²) in [6.45, 7) is 7.69.